The lowest BCUT2D eigenvalue weighted by atomic mass is 9.78. The van der Waals surface area contributed by atoms with Crippen molar-refractivity contribution in [3.63, 3.8) is 0 Å². The van der Waals surface area contributed by atoms with Gasteiger partial charge in [0.15, 0.2) is 11.6 Å². The van der Waals surface area contributed by atoms with E-state index in [0.29, 0.717) is 12.8 Å². The van der Waals surface area contributed by atoms with E-state index >= 15 is 0 Å². The van der Waals surface area contributed by atoms with Crippen LogP contribution < -0.4 is 5.32 Å². The average Bonchev–Trinajstić information content (AvgIpc) is 3.03. The van der Waals surface area contributed by atoms with E-state index in [-0.39, 0.29) is 5.69 Å². The quantitative estimate of drug-likeness (QED) is 0.891. The Balaban J connectivity index is 1.78. The first kappa shape index (κ1) is 13.9. The molecule has 2 heterocycles. The molecule has 0 aliphatic carbocycles. The number of nitrogens with one attached hydrogen (secondary N) is 1. The summed E-state index contributed by atoms with van der Waals surface area (Å²) in [5.74, 6) is -5.41. The number of amides is 1. The SMILES string of the molecule is O=C(O)[C@@H]1[C@H](C(=O)Nc2ccc(F)c(F)c2)[C@H]2CC[C@@H]1O2. The van der Waals surface area contributed by atoms with Crippen LogP contribution in [0.1, 0.15) is 12.8 Å². The van der Waals surface area contributed by atoms with Gasteiger partial charge in [0.1, 0.15) is 0 Å². The summed E-state index contributed by atoms with van der Waals surface area (Å²) in [5.41, 5.74) is 0.0887. The summed E-state index contributed by atoms with van der Waals surface area (Å²) >= 11 is 0. The van der Waals surface area contributed by atoms with Gasteiger partial charge in [0.2, 0.25) is 5.91 Å². The first-order chi connectivity index (χ1) is 9.97. The van der Waals surface area contributed by atoms with Crippen LogP contribution in [0.5, 0.6) is 0 Å². The zero-order valence-electron chi connectivity index (χ0n) is 10.9. The van der Waals surface area contributed by atoms with Gasteiger partial charge in [0.05, 0.1) is 24.0 Å². The number of aliphatic carboxylic acids is 1. The molecule has 4 atom stereocenters. The number of benzene rings is 1. The highest BCUT2D eigenvalue weighted by Gasteiger charge is 2.55. The Morgan fingerprint density at radius 3 is 2.43 bits per heavy atom. The Labute approximate surface area is 118 Å². The summed E-state index contributed by atoms with van der Waals surface area (Å²) in [7, 11) is 0. The van der Waals surface area contributed by atoms with Gasteiger partial charge in [-0.05, 0) is 25.0 Å². The smallest absolute Gasteiger partial charge is 0.310 e. The summed E-state index contributed by atoms with van der Waals surface area (Å²) in [6.45, 7) is 0. The fourth-order valence-corrected chi connectivity index (χ4v) is 3.12. The van der Waals surface area contributed by atoms with E-state index < -0.39 is 47.6 Å². The van der Waals surface area contributed by atoms with Gasteiger partial charge >= 0.3 is 5.97 Å². The molecule has 0 spiro atoms. The maximum absolute atomic E-state index is 13.1. The fraction of sp³-hybridized carbons (Fsp3) is 0.429. The number of carboxylic acid groups (broad SMARTS) is 1. The van der Waals surface area contributed by atoms with Gasteiger partial charge in [0.25, 0.3) is 0 Å². The van der Waals surface area contributed by atoms with Crippen LogP contribution in [0.3, 0.4) is 0 Å². The largest absolute Gasteiger partial charge is 0.481 e. The van der Waals surface area contributed by atoms with E-state index in [1.807, 2.05) is 0 Å². The first-order valence-electron chi connectivity index (χ1n) is 6.61. The number of rotatable bonds is 3. The summed E-state index contributed by atoms with van der Waals surface area (Å²) in [6.07, 6.45) is 0.371. The topological polar surface area (TPSA) is 75.6 Å². The van der Waals surface area contributed by atoms with Crippen molar-refractivity contribution in [2.24, 2.45) is 11.8 Å². The van der Waals surface area contributed by atoms with Gasteiger partial charge in [-0.25, -0.2) is 8.78 Å². The second kappa shape index (κ2) is 5.07. The molecule has 1 amide bonds. The Morgan fingerprint density at radius 2 is 1.81 bits per heavy atom. The highest BCUT2D eigenvalue weighted by molar-refractivity contribution is 5.96. The minimum absolute atomic E-state index is 0.0887. The highest BCUT2D eigenvalue weighted by atomic mass is 19.2. The van der Waals surface area contributed by atoms with E-state index in [0.717, 1.165) is 12.1 Å². The maximum Gasteiger partial charge on any atom is 0.310 e. The Hall–Kier alpha value is -2.02. The molecule has 0 radical (unpaired) electrons. The number of fused-ring (bicyclic) bond motifs is 2. The second-order valence-corrected chi connectivity index (χ2v) is 5.30. The summed E-state index contributed by atoms with van der Waals surface area (Å²) in [5, 5.41) is 11.7. The van der Waals surface area contributed by atoms with Crippen molar-refractivity contribution < 1.29 is 28.2 Å². The van der Waals surface area contributed by atoms with Crippen molar-refractivity contribution in [2.75, 3.05) is 5.32 Å². The molecule has 2 N–H and O–H groups in total. The van der Waals surface area contributed by atoms with E-state index in [1.54, 1.807) is 0 Å². The molecule has 3 rings (SSSR count). The number of anilines is 1. The van der Waals surface area contributed by atoms with E-state index in [9.17, 15) is 23.5 Å². The number of ether oxygens (including phenoxy) is 1. The number of carboxylic acids is 1. The van der Waals surface area contributed by atoms with Crippen LogP contribution in [0.2, 0.25) is 0 Å². The van der Waals surface area contributed by atoms with Crippen LogP contribution in [-0.2, 0) is 14.3 Å². The molecule has 0 saturated carbocycles. The third-order valence-electron chi connectivity index (χ3n) is 4.05. The molecule has 2 bridgehead atoms. The third-order valence-corrected chi connectivity index (χ3v) is 4.05. The maximum atomic E-state index is 13.1. The van der Waals surface area contributed by atoms with Gasteiger partial charge in [0, 0.05) is 11.8 Å². The summed E-state index contributed by atoms with van der Waals surface area (Å²) < 4.78 is 31.4. The minimum atomic E-state index is -1.08. The van der Waals surface area contributed by atoms with E-state index in [2.05, 4.69) is 5.32 Å². The molecular weight excluding hydrogens is 284 g/mol. The number of hydrogen-bond donors (Lipinski definition) is 2. The molecule has 2 fully saturated rings. The van der Waals surface area contributed by atoms with Crippen LogP contribution in [0.25, 0.3) is 0 Å². The number of carbonyl (C=O) groups is 2. The van der Waals surface area contributed by atoms with Crippen LogP contribution in [-0.4, -0.2) is 29.2 Å². The zero-order chi connectivity index (χ0) is 15.1. The van der Waals surface area contributed by atoms with Gasteiger partial charge < -0.3 is 15.2 Å². The second-order valence-electron chi connectivity index (χ2n) is 5.30. The molecule has 2 aliphatic rings. The fourth-order valence-electron chi connectivity index (χ4n) is 3.12. The lowest BCUT2D eigenvalue weighted by molar-refractivity contribution is -0.147. The minimum Gasteiger partial charge on any atom is -0.481 e. The van der Waals surface area contributed by atoms with Crippen molar-refractivity contribution in [1.82, 2.24) is 0 Å². The predicted molar refractivity (Wildman–Crippen MR) is 67.5 cm³/mol. The van der Waals surface area contributed by atoms with E-state index in [4.69, 9.17) is 4.74 Å². The molecule has 112 valence electrons. The summed E-state index contributed by atoms with van der Waals surface area (Å²) in [6, 6.07) is 2.98. The number of halogens is 2. The monoisotopic (exact) mass is 297 g/mol. The molecule has 2 aliphatic heterocycles. The molecule has 2 saturated heterocycles. The Kier molecular flexibility index (Phi) is 3.36. The highest BCUT2D eigenvalue weighted by Crippen LogP contribution is 2.44. The van der Waals surface area contributed by atoms with Gasteiger partial charge in [-0.1, -0.05) is 0 Å². The van der Waals surface area contributed by atoms with Crippen LogP contribution in [0.15, 0.2) is 18.2 Å². The van der Waals surface area contributed by atoms with Crippen molar-refractivity contribution in [1.29, 1.82) is 0 Å². The van der Waals surface area contributed by atoms with Gasteiger partial charge in [-0.3, -0.25) is 9.59 Å². The molecular formula is C14H13F2NO4. The number of hydrogen-bond acceptors (Lipinski definition) is 3. The average molecular weight is 297 g/mol. The van der Waals surface area contributed by atoms with Crippen molar-refractivity contribution in [2.45, 2.75) is 25.0 Å². The molecule has 0 unspecified atom stereocenters. The first-order valence-corrected chi connectivity index (χ1v) is 6.61. The van der Waals surface area contributed by atoms with Crippen LogP contribution in [0, 0.1) is 23.5 Å². The van der Waals surface area contributed by atoms with E-state index in [1.165, 1.54) is 6.07 Å². The standard InChI is InChI=1S/C14H13F2NO4/c15-7-2-1-6(5-8(7)16)17-13(18)11-9-3-4-10(21-9)12(11)14(19)20/h1-2,5,9-12H,3-4H2,(H,17,18)(H,19,20)/t9-,10+,11-,12+/m1/s1. The molecule has 1 aromatic rings. The molecule has 21 heavy (non-hydrogen) atoms. The van der Waals surface area contributed by atoms with Gasteiger partial charge in [-0.15, -0.1) is 0 Å². The predicted octanol–water partition coefficient (Wildman–Crippen LogP) is 1.78. The van der Waals surface area contributed by atoms with Gasteiger partial charge in [-0.2, -0.15) is 0 Å². The third kappa shape index (κ3) is 2.37. The molecule has 0 aromatic heterocycles. The Bertz CT molecular complexity index is 607. The van der Waals surface area contributed by atoms with Crippen LogP contribution in [0.4, 0.5) is 14.5 Å². The number of carbonyl (C=O) groups excluding carboxylic acids is 1. The molecule has 7 heteroatoms. The Morgan fingerprint density at radius 1 is 1.14 bits per heavy atom. The van der Waals surface area contributed by atoms with Crippen molar-refractivity contribution in [3.05, 3.63) is 29.8 Å². The van der Waals surface area contributed by atoms with Crippen LogP contribution >= 0.6 is 0 Å². The normalized spacial score (nSPS) is 30.4. The lowest BCUT2D eigenvalue weighted by Gasteiger charge is -2.23. The zero-order valence-corrected chi connectivity index (χ0v) is 10.9. The van der Waals surface area contributed by atoms with Crippen molar-refractivity contribution >= 4 is 17.6 Å². The van der Waals surface area contributed by atoms with Crippen molar-refractivity contribution in [3.8, 4) is 0 Å². The lowest BCUT2D eigenvalue weighted by Crippen LogP contribution is -2.40. The molecule has 5 nitrogen and oxygen atoms in total. The molecule has 1 aromatic carbocycles. The summed E-state index contributed by atoms with van der Waals surface area (Å²) in [4.78, 5) is 23.5.